The van der Waals surface area contributed by atoms with E-state index in [1.807, 2.05) is 0 Å². The third-order valence-electron chi connectivity index (χ3n) is 10.5. The minimum atomic E-state index is 0.873. The predicted octanol–water partition coefficient (Wildman–Crippen LogP) is 13.6. The Labute approximate surface area is 293 Å². The van der Waals surface area contributed by atoms with E-state index in [9.17, 15) is 0 Å². The zero-order valence-electron chi connectivity index (χ0n) is 27.6. The molecule has 51 heavy (non-hydrogen) atoms. The number of aromatic nitrogens is 1. The average molecular weight is 651 g/mol. The Hall–Kier alpha value is -6.84. The second kappa shape index (κ2) is 10.8. The molecule has 0 fully saturated rings. The Kier molecular flexibility index (Phi) is 5.96. The molecule has 3 heteroatoms. The van der Waals surface area contributed by atoms with Crippen LogP contribution in [0.4, 0.5) is 17.1 Å². The van der Waals surface area contributed by atoms with Crippen molar-refractivity contribution in [3.05, 3.63) is 182 Å². The maximum atomic E-state index is 6.67. The number of furan rings is 1. The van der Waals surface area contributed by atoms with Crippen LogP contribution in [0, 0.1) is 0 Å². The fraction of sp³-hybridized carbons (Fsp3) is 0. The molecule has 2 aromatic heterocycles. The van der Waals surface area contributed by atoms with Crippen LogP contribution in [0.5, 0.6) is 0 Å². The van der Waals surface area contributed by atoms with Gasteiger partial charge in [-0.15, -0.1) is 0 Å². The van der Waals surface area contributed by atoms with Crippen molar-refractivity contribution in [2.45, 2.75) is 0 Å². The molecule has 3 nitrogen and oxygen atoms in total. The predicted molar refractivity (Wildman–Crippen MR) is 215 cm³/mol. The van der Waals surface area contributed by atoms with E-state index in [4.69, 9.17) is 4.42 Å². The van der Waals surface area contributed by atoms with Crippen molar-refractivity contribution in [3.63, 3.8) is 0 Å². The summed E-state index contributed by atoms with van der Waals surface area (Å²) in [6, 6.07) is 65.5. The van der Waals surface area contributed by atoms with Crippen LogP contribution in [0.1, 0.15) is 0 Å². The molecule has 2 heterocycles. The molecule has 0 aliphatic carbocycles. The van der Waals surface area contributed by atoms with Crippen molar-refractivity contribution in [1.82, 2.24) is 4.57 Å². The standard InChI is InChI=1S/C48H30N2O/c1-3-12-37-31(10-1)20-21-33-30-36(27-29-38(33)37)49(45-18-9-19-46-47(45)42-28-22-32-11-2-4-13-39(32)48(42)51-46)34-23-25-35(26-24-34)50-43-16-7-5-14-40(43)41-15-6-8-17-44(41)50/h1-30H. The summed E-state index contributed by atoms with van der Waals surface area (Å²) >= 11 is 0. The summed E-state index contributed by atoms with van der Waals surface area (Å²) in [5.74, 6) is 0. The van der Waals surface area contributed by atoms with E-state index in [2.05, 4.69) is 191 Å². The van der Waals surface area contributed by atoms with Crippen molar-refractivity contribution < 1.29 is 4.42 Å². The number of anilines is 3. The van der Waals surface area contributed by atoms with Crippen molar-refractivity contribution in [1.29, 1.82) is 0 Å². The van der Waals surface area contributed by atoms with Gasteiger partial charge >= 0.3 is 0 Å². The van der Waals surface area contributed by atoms with E-state index in [1.54, 1.807) is 0 Å². The second-order valence-electron chi connectivity index (χ2n) is 13.3. The second-order valence-corrected chi connectivity index (χ2v) is 13.3. The highest BCUT2D eigenvalue weighted by Gasteiger charge is 2.21. The molecule has 0 aliphatic heterocycles. The molecule has 0 radical (unpaired) electrons. The normalized spacial score (nSPS) is 11.9. The minimum Gasteiger partial charge on any atom is -0.455 e. The smallest absolute Gasteiger partial charge is 0.143 e. The van der Waals surface area contributed by atoms with E-state index in [0.29, 0.717) is 0 Å². The van der Waals surface area contributed by atoms with Gasteiger partial charge in [0.2, 0.25) is 0 Å². The van der Waals surface area contributed by atoms with Gasteiger partial charge in [0.05, 0.1) is 22.1 Å². The molecule has 0 atom stereocenters. The number of hydrogen-bond acceptors (Lipinski definition) is 2. The SMILES string of the molecule is c1ccc2c(c1)ccc1cc(N(c3ccc(-n4c5ccccc5c5ccccc54)cc3)c3cccc4oc5c6ccccc6ccc5c34)ccc12. The van der Waals surface area contributed by atoms with Gasteiger partial charge in [0, 0.05) is 38.6 Å². The van der Waals surface area contributed by atoms with Gasteiger partial charge in [-0.1, -0.05) is 115 Å². The Morgan fingerprint density at radius 3 is 1.73 bits per heavy atom. The topological polar surface area (TPSA) is 21.3 Å². The van der Waals surface area contributed by atoms with Crippen molar-refractivity contribution in [2.75, 3.05) is 4.90 Å². The minimum absolute atomic E-state index is 0.873. The first-order chi connectivity index (χ1) is 25.3. The van der Waals surface area contributed by atoms with E-state index < -0.39 is 0 Å². The molecule has 0 amide bonds. The summed E-state index contributed by atoms with van der Waals surface area (Å²) in [6.45, 7) is 0. The Balaban J connectivity index is 1.15. The molecule has 0 N–H and O–H groups in total. The highest BCUT2D eigenvalue weighted by atomic mass is 16.3. The van der Waals surface area contributed by atoms with Crippen LogP contribution < -0.4 is 4.90 Å². The zero-order valence-corrected chi connectivity index (χ0v) is 27.6. The van der Waals surface area contributed by atoms with Gasteiger partial charge in [-0.25, -0.2) is 0 Å². The summed E-state index contributed by atoms with van der Waals surface area (Å²) < 4.78 is 9.04. The van der Waals surface area contributed by atoms with Gasteiger partial charge in [-0.05, 0) is 93.7 Å². The lowest BCUT2D eigenvalue weighted by Gasteiger charge is -2.27. The Bertz CT molecular complexity index is 3090. The fourth-order valence-electron chi connectivity index (χ4n) is 8.24. The van der Waals surface area contributed by atoms with Crippen LogP contribution in [0.3, 0.4) is 0 Å². The molecule has 9 aromatic carbocycles. The van der Waals surface area contributed by atoms with Gasteiger partial charge in [0.25, 0.3) is 0 Å². The molecule has 238 valence electrons. The Morgan fingerprint density at radius 1 is 0.392 bits per heavy atom. The average Bonchev–Trinajstić information content (AvgIpc) is 3.75. The number of hydrogen-bond donors (Lipinski definition) is 0. The van der Waals surface area contributed by atoms with Gasteiger partial charge in [0.15, 0.2) is 0 Å². The maximum Gasteiger partial charge on any atom is 0.143 e. The van der Waals surface area contributed by atoms with Crippen molar-refractivity contribution >= 4 is 93.1 Å². The third-order valence-corrected chi connectivity index (χ3v) is 10.5. The number of para-hydroxylation sites is 2. The highest BCUT2D eigenvalue weighted by Crippen LogP contribution is 2.45. The molecule has 0 aliphatic rings. The van der Waals surface area contributed by atoms with Crippen LogP contribution >= 0.6 is 0 Å². The van der Waals surface area contributed by atoms with Gasteiger partial charge in [-0.3, -0.25) is 0 Å². The Morgan fingerprint density at radius 2 is 0.961 bits per heavy atom. The first-order valence-electron chi connectivity index (χ1n) is 17.4. The van der Waals surface area contributed by atoms with Gasteiger partial charge < -0.3 is 13.9 Å². The molecule has 0 unspecified atom stereocenters. The molecule has 0 saturated heterocycles. The first kappa shape index (κ1) is 28.0. The van der Waals surface area contributed by atoms with Crippen molar-refractivity contribution in [3.8, 4) is 5.69 Å². The largest absolute Gasteiger partial charge is 0.455 e. The maximum absolute atomic E-state index is 6.67. The summed E-state index contributed by atoms with van der Waals surface area (Å²) in [6.07, 6.45) is 0. The van der Waals surface area contributed by atoms with Crippen LogP contribution in [-0.4, -0.2) is 4.57 Å². The number of benzene rings is 9. The lowest BCUT2D eigenvalue weighted by atomic mass is 10.0. The van der Waals surface area contributed by atoms with Crippen molar-refractivity contribution in [2.24, 2.45) is 0 Å². The summed E-state index contributed by atoms with van der Waals surface area (Å²) in [7, 11) is 0. The van der Waals surface area contributed by atoms with Gasteiger partial charge in [0.1, 0.15) is 11.2 Å². The third kappa shape index (κ3) is 4.19. The fourth-order valence-corrected chi connectivity index (χ4v) is 8.24. The molecular weight excluding hydrogens is 621 g/mol. The highest BCUT2D eigenvalue weighted by molar-refractivity contribution is 6.20. The van der Waals surface area contributed by atoms with E-state index in [-0.39, 0.29) is 0 Å². The number of rotatable bonds is 4. The molecule has 0 spiro atoms. The van der Waals surface area contributed by atoms with E-state index in [1.165, 1.54) is 48.7 Å². The molecule has 11 rings (SSSR count). The summed E-state index contributed by atoms with van der Waals surface area (Å²) in [5, 5.41) is 12.0. The van der Waals surface area contributed by atoms with Crippen LogP contribution in [0.15, 0.2) is 186 Å². The molecular formula is C48H30N2O. The van der Waals surface area contributed by atoms with Crippen LogP contribution in [0.2, 0.25) is 0 Å². The molecule has 0 bridgehead atoms. The lowest BCUT2D eigenvalue weighted by molar-refractivity contribution is 0.672. The molecule has 0 saturated carbocycles. The van der Waals surface area contributed by atoms with E-state index in [0.717, 1.165) is 50.1 Å². The monoisotopic (exact) mass is 650 g/mol. The quantitative estimate of drug-likeness (QED) is 0.177. The molecule has 11 aromatic rings. The van der Waals surface area contributed by atoms with Crippen LogP contribution in [0.25, 0.3) is 81.7 Å². The van der Waals surface area contributed by atoms with Crippen LogP contribution in [-0.2, 0) is 0 Å². The summed E-state index contributed by atoms with van der Waals surface area (Å²) in [4.78, 5) is 2.39. The summed E-state index contributed by atoms with van der Waals surface area (Å²) in [5.41, 5.74) is 8.55. The lowest BCUT2D eigenvalue weighted by Crippen LogP contribution is -2.10. The first-order valence-corrected chi connectivity index (χ1v) is 17.4. The number of fused-ring (bicyclic) bond motifs is 11. The number of nitrogens with zero attached hydrogens (tertiary/aromatic N) is 2. The zero-order chi connectivity index (χ0) is 33.5. The van der Waals surface area contributed by atoms with E-state index >= 15 is 0 Å². The van der Waals surface area contributed by atoms with Gasteiger partial charge in [-0.2, -0.15) is 0 Å².